The van der Waals surface area contributed by atoms with Crippen LogP contribution in [0, 0.1) is 5.92 Å². The molecule has 1 saturated carbocycles. The molecule has 33 heavy (non-hydrogen) atoms. The van der Waals surface area contributed by atoms with Crippen molar-refractivity contribution in [3.8, 4) is 0 Å². The zero-order valence-electron chi connectivity index (χ0n) is 20.8. The van der Waals surface area contributed by atoms with Gasteiger partial charge in [0.05, 0.1) is 19.6 Å². The number of nitrogens with zero attached hydrogens (tertiary/aromatic N) is 4. The van der Waals surface area contributed by atoms with Crippen molar-refractivity contribution in [1.29, 1.82) is 0 Å². The van der Waals surface area contributed by atoms with Gasteiger partial charge in [-0.05, 0) is 64.5 Å². The Morgan fingerprint density at radius 2 is 1.67 bits per heavy atom. The minimum atomic E-state index is -0.161. The fraction of sp³-hybridized carbons (Fsp3) is 0.920. The van der Waals surface area contributed by atoms with Crippen LogP contribution in [-0.2, 0) is 14.3 Å². The fourth-order valence-corrected chi connectivity index (χ4v) is 6.28. The minimum Gasteiger partial charge on any atom is -0.469 e. The average Bonchev–Trinajstić information content (AvgIpc) is 3.47. The molecular weight excluding hydrogens is 420 g/mol. The number of piperazine rings is 1. The van der Waals surface area contributed by atoms with Crippen molar-refractivity contribution in [2.75, 3.05) is 59.5 Å². The van der Waals surface area contributed by atoms with Crippen molar-refractivity contribution in [2.24, 2.45) is 5.92 Å². The third kappa shape index (κ3) is 6.40. The van der Waals surface area contributed by atoms with Crippen LogP contribution >= 0.6 is 0 Å². The maximum absolute atomic E-state index is 12.6. The third-order valence-corrected chi connectivity index (χ3v) is 8.49. The Hall–Kier alpha value is -1.38. The van der Waals surface area contributed by atoms with Crippen molar-refractivity contribution in [3.05, 3.63) is 0 Å². The van der Waals surface area contributed by atoms with Crippen LogP contribution in [0.4, 0.5) is 4.79 Å². The predicted molar refractivity (Wildman–Crippen MR) is 127 cm³/mol. The lowest BCUT2D eigenvalue weighted by Crippen LogP contribution is -2.53. The van der Waals surface area contributed by atoms with Crippen molar-refractivity contribution >= 4 is 12.1 Å². The zero-order chi connectivity index (χ0) is 23.2. The molecule has 4 aliphatic rings. The Kier molecular flexibility index (Phi) is 8.88. The van der Waals surface area contributed by atoms with Crippen LogP contribution < -0.4 is 0 Å². The number of hydrogen-bond acceptors (Lipinski definition) is 7. The number of methoxy groups -OCH3 is 1. The number of piperidine rings is 1. The van der Waals surface area contributed by atoms with E-state index in [0.717, 1.165) is 57.6 Å². The van der Waals surface area contributed by atoms with Crippen LogP contribution in [0.25, 0.3) is 0 Å². The summed E-state index contributed by atoms with van der Waals surface area (Å²) in [6, 6.07) is 0.946. The van der Waals surface area contributed by atoms with Crippen molar-refractivity contribution < 1.29 is 19.1 Å². The van der Waals surface area contributed by atoms with Gasteiger partial charge in [0.15, 0.2) is 6.23 Å². The smallest absolute Gasteiger partial charge is 0.411 e. The summed E-state index contributed by atoms with van der Waals surface area (Å²) in [5.74, 6) is 0.649. The van der Waals surface area contributed by atoms with E-state index >= 15 is 0 Å². The Morgan fingerprint density at radius 1 is 0.970 bits per heavy atom. The first-order valence-corrected chi connectivity index (χ1v) is 13.3. The molecule has 8 nitrogen and oxygen atoms in total. The van der Waals surface area contributed by atoms with Gasteiger partial charge < -0.3 is 24.2 Å². The largest absolute Gasteiger partial charge is 0.469 e. The number of hydrogen-bond donors (Lipinski definition) is 0. The Labute approximate surface area is 199 Å². The number of esters is 1. The number of likely N-dealkylation sites (tertiary alicyclic amines) is 1. The van der Waals surface area contributed by atoms with Gasteiger partial charge in [-0.15, -0.1) is 0 Å². The highest BCUT2D eigenvalue weighted by molar-refractivity contribution is 5.70. The van der Waals surface area contributed by atoms with Gasteiger partial charge in [0.1, 0.15) is 0 Å². The molecule has 0 aromatic carbocycles. The number of cyclic esters (lactones) is 1. The second kappa shape index (κ2) is 11.8. The second-order valence-corrected chi connectivity index (χ2v) is 10.5. The molecule has 0 bridgehead atoms. The molecule has 3 saturated heterocycles. The molecule has 3 aliphatic heterocycles. The molecule has 1 aliphatic carbocycles. The van der Waals surface area contributed by atoms with E-state index < -0.39 is 0 Å². The first kappa shape index (κ1) is 24.7. The van der Waals surface area contributed by atoms with E-state index in [-0.39, 0.29) is 24.3 Å². The molecule has 8 heteroatoms. The first-order valence-electron chi connectivity index (χ1n) is 13.3. The van der Waals surface area contributed by atoms with Crippen molar-refractivity contribution in [3.63, 3.8) is 0 Å². The first-order chi connectivity index (χ1) is 16.0. The van der Waals surface area contributed by atoms with E-state index in [4.69, 9.17) is 9.47 Å². The topological polar surface area (TPSA) is 65.6 Å². The highest BCUT2D eigenvalue weighted by Crippen LogP contribution is 2.30. The molecule has 188 valence electrons. The molecule has 0 radical (unpaired) electrons. The van der Waals surface area contributed by atoms with Gasteiger partial charge >= 0.3 is 12.1 Å². The molecule has 4 fully saturated rings. The Bertz CT molecular complexity index is 640. The Balaban J connectivity index is 1.14. The third-order valence-electron chi connectivity index (χ3n) is 8.49. The lowest BCUT2D eigenvalue weighted by Gasteiger charge is -2.38. The van der Waals surface area contributed by atoms with Gasteiger partial charge in [0, 0.05) is 45.3 Å². The highest BCUT2D eigenvalue weighted by atomic mass is 16.6. The standard InChI is InChI=1S/C25H44N4O4/c1-20-24(28-18-16-26(17-19-28)13-11-23(30)32-2)33-25(31)29(20)12-5-6-21-9-14-27(15-10-21)22-7-3-4-8-22/h20-22,24H,3-19H2,1-2H3. The minimum absolute atomic E-state index is 0.0864. The number of carbonyl (C=O) groups is 2. The van der Waals surface area contributed by atoms with Crippen LogP contribution in [0.15, 0.2) is 0 Å². The van der Waals surface area contributed by atoms with Gasteiger partial charge in [0.2, 0.25) is 0 Å². The molecule has 0 N–H and O–H groups in total. The van der Waals surface area contributed by atoms with Crippen LogP contribution in [0.2, 0.25) is 0 Å². The summed E-state index contributed by atoms with van der Waals surface area (Å²) in [7, 11) is 1.43. The quantitative estimate of drug-likeness (QED) is 0.486. The Morgan fingerprint density at radius 3 is 2.33 bits per heavy atom. The SMILES string of the molecule is COC(=O)CCN1CCN(C2OC(=O)N(CCCC3CCN(C4CCCC4)CC3)C2C)CC1. The monoisotopic (exact) mass is 464 g/mol. The molecule has 0 aromatic heterocycles. The number of ether oxygens (including phenoxy) is 2. The number of carbonyl (C=O) groups excluding carboxylic acids is 2. The summed E-state index contributed by atoms with van der Waals surface area (Å²) in [6.07, 6.45) is 10.7. The van der Waals surface area contributed by atoms with Gasteiger partial charge in [-0.25, -0.2) is 4.79 Å². The summed E-state index contributed by atoms with van der Waals surface area (Å²) in [6.45, 7) is 9.68. The van der Waals surface area contributed by atoms with Crippen LogP contribution in [0.1, 0.15) is 64.7 Å². The van der Waals surface area contributed by atoms with Crippen molar-refractivity contribution in [2.45, 2.75) is 83.0 Å². The summed E-state index contributed by atoms with van der Waals surface area (Å²) in [5.41, 5.74) is 0. The van der Waals surface area contributed by atoms with E-state index in [1.54, 1.807) is 0 Å². The van der Waals surface area contributed by atoms with Crippen LogP contribution in [0.3, 0.4) is 0 Å². The lowest BCUT2D eigenvalue weighted by atomic mass is 9.91. The molecular formula is C25H44N4O4. The van der Waals surface area contributed by atoms with E-state index in [0.29, 0.717) is 6.42 Å². The molecule has 1 amide bonds. The highest BCUT2D eigenvalue weighted by Gasteiger charge is 2.42. The summed E-state index contributed by atoms with van der Waals surface area (Å²) in [5, 5.41) is 0. The maximum atomic E-state index is 12.6. The van der Waals surface area contributed by atoms with E-state index in [1.807, 2.05) is 4.90 Å². The van der Waals surface area contributed by atoms with Gasteiger partial charge in [-0.2, -0.15) is 0 Å². The second-order valence-electron chi connectivity index (χ2n) is 10.5. The summed E-state index contributed by atoms with van der Waals surface area (Å²) >= 11 is 0. The molecule has 0 spiro atoms. The average molecular weight is 465 g/mol. The number of amides is 1. The maximum Gasteiger partial charge on any atom is 0.411 e. The van der Waals surface area contributed by atoms with Gasteiger partial charge in [0.25, 0.3) is 0 Å². The normalized spacial score (nSPS) is 29.0. The lowest BCUT2D eigenvalue weighted by molar-refractivity contribution is -0.141. The molecule has 4 rings (SSSR count). The van der Waals surface area contributed by atoms with E-state index in [2.05, 4.69) is 21.6 Å². The van der Waals surface area contributed by atoms with E-state index in [9.17, 15) is 9.59 Å². The van der Waals surface area contributed by atoms with Gasteiger partial charge in [-0.1, -0.05) is 12.8 Å². The fourth-order valence-electron chi connectivity index (χ4n) is 6.28. The zero-order valence-corrected chi connectivity index (χ0v) is 20.8. The molecule has 2 atom stereocenters. The summed E-state index contributed by atoms with van der Waals surface area (Å²) in [4.78, 5) is 33.2. The summed E-state index contributed by atoms with van der Waals surface area (Å²) < 4.78 is 10.5. The van der Waals surface area contributed by atoms with E-state index in [1.165, 1.54) is 65.1 Å². The van der Waals surface area contributed by atoms with Crippen LogP contribution in [0.5, 0.6) is 0 Å². The molecule has 0 aromatic rings. The number of rotatable bonds is 9. The van der Waals surface area contributed by atoms with Gasteiger partial charge in [-0.3, -0.25) is 9.69 Å². The van der Waals surface area contributed by atoms with Crippen molar-refractivity contribution in [1.82, 2.24) is 19.6 Å². The predicted octanol–water partition coefficient (Wildman–Crippen LogP) is 2.77. The van der Waals surface area contributed by atoms with Crippen LogP contribution in [-0.4, -0.2) is 109 Å². The molecule has 2 unspecified atom stereocenters. The molecule has 3 heterocycles.